The van der Waals surface area contributed by atoms with Gasteiger partial charge in [0.1, 0.15) is 5.75 Å². The van der Waals surface area contributed by atoms with E-state index in [9.17, 15) is 9.59 Å². The largest absolute Gasteiger partial charge is 0.427 e. The lowest BCUT2D eigenvalue weighted by molar-refractivity contribution is -0.131. The van der Waals surface area contributed by atoms with Gasteiger partial charge < -0.3 is 10.5 Å². The third-order valence-corrected chi connectivity index (χ3v) is 1.79. The Morgan fingerprint density at radius 1 is 1.47 bits per heavy atom. The van der Waals surface area contributed by atoms with Crippen LogP contribution in [-0.4, -0.2) is 18.3 Å². The summed E-state index contributed by atoms with van der Waals surface area (Å²) in [5, 5.41) is 0. The second-order valence-electron chi connectivity index (χ2n) is 3.17. The van der Waals surface area contributed by atoms with E-state index >= 15 is 0 Å². The van der Waals surface area contributed by atoms with Crippen molar-refractivity contribution in [3.8, 4) is 5.75 Å². The highest BCUT2D eigenvalue weighted by Crippen LogP contribution is 2.13. The van der Waals surface area contributed by atoms with Crippen molar-refractivity contribution < 1.29 is 14.3 Å². The van der Waals surface area contributed by atoms with Gasteiger partial charge in [-0.1, -0.05) is 12.1 Å². The second kappa shape index (κ2) is 5.26. The Labute approximate surface area is 88.0 Å². The number of ether oxygens (including phenoxy) is 1. The minimum absolute atomic E-state index is 0.360. The maximum absolute atomic E-state index is 10.6. The second-order valence-corrected chi connectivity index (χ2v) is 3.17. The van der Waals surface area contributed by atoms with Gasteiger partial charge in [0.2, 0.25) is 6.29 Å². The lowest BCUT2D eigenvalue weighted by Crippen LogP contribution is -2.23. The molecule has 15 heavy (non-hydrogen) atoms. The van der Waals surface area contributed by atoms with E-state index in [1.54, 1.807) is 30.6 Å². The summed E-state index contributed by atoms with van der Waals surface area (Å²) in [7, 11) is 0. The number of carbonyl (C=O) groups excluding carboxylic acids is 2. The first-order valence-corrected chi connectivity index (χ1v) is 4.52. The molecule has 0 saturated carbocycles. The van der Waals surface area contributed by atoms with Gasteiger partial charge in [0.05, 0.1) is 6.04 Å². The van der Waals surface area contributed by atoms with E-state index in [0.29, 0.717) is 12.2 Å². The molecular weight excluding hydrogens is 194 g/mol. The summed E-state index contributed by atoms with van der Waals surface area (Å²) in [5.74, 6) is 0.121. The smallest absolute Gasteiger partial charge is 0.308 e. The molecule has 0 aliphatic rings. The molecule has 4 nitrogen and oxygen atoms in total. The maximum Gasteiger partial charge on any atom is 0.308 e. The van der Waals surface area contributed by atoms with E-state index in [4.69, 9.17) is 10.5 Å². The fraction of sp³-hybridized carbons (Fsp3) is 0.273. The Hall–Kier alpha value is -1.68. The van der Waals surface area contributed by atoms with Gasteiger partial charge in [-0.2, -0.15) is 0 Å². The van der Waals surface area contributed by atoms with Crippen LogP contribution in [0.5, 0.6) is 5.75 Å². The summed E-state index contributed by atoms with van der Waals surface area (Å²) in [6, 6.07) is 6.23. The van der Waals surface area contributed by atoms with Crippen molar-refractivity contribution in [1.29, 1.82) is 0 Å². The number of benzene rings is 1. The van der Waals surface area contributed by atoms with E-state index < -0.39 is 6.04 Å². The van der Waals surface area contributed by atoms with Gasteiger partial charge >= 0.3 is 5.97 Å². The Bertz CT molecular complexity index is 345. The molecule has 1 aromatic carbocycles. The number of hydrogen-bond donors (Lipinski definition) is 1. The van der Waals surface area contributed by atoms with E-state index in [0.717, 1.165) is 5.56 Å². The molecule has 0 aliphatic carbocycles. The molecule has 79 valence electrons. The monoisotopic (exact) mass is 206 g/mol. The van der Waals surface area contributed by atoms with Gasteiger partial charge in [0.15, 0.2) is 0 Å². The molecular formula is C11H12NO3. The van der Waals surface area contributed by atoms with Crippen LogP contribution in [-0.2, 0) is 16.0 Å². The van der Waals surface area contributed by atoms with Crippen LogP contribution in [0.15, 0.2) is 24.3 Å². The predicted octanol–water partition coefficient (Wildman–Crippen LogP) is 0.591. The summed E-state index contributed by atoms with van der Waals surface area (Å²) >= 11 is 0. The SMILES string of the molecule is CC(=O)Oc1ccc(C[C@H](N)[C]=O)cc1. The molecule has 0 heterocycles. The first kappa shape index (κ1) is 11.4. The van der Waals surface area contributed by atoms with Gasteiger partial charge in [-0.05, 0) is 24.1 Å². The zero-order valence-electron chi connectivity index (χ0n) is 8.40. The standard InChI is InChI=1S/C11H12NO3/c1-8(14)15-11-4-2-9(3-5-11)6-10(12)7-13/h2-5,10H,6,12H2,1H3/t10-/m0/s1. The van der Waals surface area contributed by atoms with Crippen molar-refractivity contribution in [2.45, 2.75) is 19.4 Å². The van der Waals surface area contributed by atoms with Crippen molar-refractivity contribution >= 4 is 12.3 Å². The highest BCUT2D eigenvalue weighted by Gasteiger charge is 2.03. The van der Waals surface area contributed by atoms with Gasteiger partial charge in [-0.3, -0.25) is 9.59 Å². The Morgan fingerprint density at radius 3 is 2.53 bits per heavy atom. The lowest BCUT2D eigenvalue weighted by Gasteiger charge is -2.05. The quantitative estimate of drug-likeness (QED) is 0.578. The minimum atomic E-state index is -0.607. The van der Waals surface area contributed by atoms with Gasteiger partial charge in [-0.15, -0.1) is 0 Å². The zero-order valence-corrected chi connectivity index (χ0v) is 8.40. The summed E-state index contributed by atoms with van der Waals surface area (Å²) in [5.41, 5.74) is 6.32. The Morgan fingerprint density at radius 2 is 2.07 bits per heavy atom. The van der Waals surface area contributed by atoms with Crippen LogP contribution in [0, 0.1) is 0 Å². The van der Waals surface area contributed by atoms with Crippen molar-refractivity contribution in [1.82, 2.24) is 0 Å². The van der Waals surface area contributed by atoms with Gasteiger partial charge in [0, 0.05) is 6.92 Å². The molecule has 0 saturated heterocycles. The van der Waals surface area contributed by atoms with Crippen molar-refractivity contribution in [3.05, 3.63) is 29.8 Å². The molecule has 0 spiro atoms. The van der Waals surface area contributed by atoms with Crippen LogP contribution < -0.4 is 10.5 Å². The Balaban J connectivity index is 2.63. The first-order chi connectivity index (χ1) is 7.11. The normalized spacial score (nSPS) is 11.9. The van der Waals surface area contributed by atoms with Crippen molar-refractivity contribution in [3.63, 3.8) is 0 Å². The first-order valence-electron chi connectivity index (χ1n) is 4.52. The highest BCUT2D eigenvalue weighted by atomic mass is 16.5. The highest BCUT2D eigenvalue weighted by molar-refractivity contribution is 5.69. The molecule has 0 aliphatic heterocycles. The average molecular weight is 206 g/mol. The zero-order chi connectivity index (χ0) is 11.3. The van der Waals surface area contributed by atoms with E-state index in [1.165, 1.54) is 6.92 Å². The van der Waals surface area contributed by atoms with Crippen LogP contribution in [0.3, 0.4) is 0 Å². The average Bonchev–Trinajstić information content (AvgIpc) is 2.20. The number of rotatable bonds is 4. The molecule has 2 N–H and O–H groups in total. The Kier molecular flexibility index (Phi) is 4.00. The summed E-state index contributed by atoms with van der Waals surface area (Å²) in [6.07, 6.45) is 2.14. The number of hydrogen-bond acceptors (Lipinski definition) is 4. The molecule has 0 bridgehead atoms. The van der Waals surface area contributed by atoms with Crippen LogP contribution in [0.4, 0.5) is 0 Å². The molecule has 1 aromatic rings. The molecule has 0 unspecified atom stereocenters. The number of carbonyl (C=O) groups is 1. The predicted molar refractivity (Wildman–Crippen MR) is 55.1 cm³/mol. The lowest BCUT2D eigenvalue weighted by atomic mass is 10.1. The van der Waals surface area contributed by atoms with Gasteiger partial charge in [0.25, 0.3) is 0 Å². The number of nitrogens with two attached hydrogens (primary N) is 1. The fourth-order valence-electron chi connectivity index (χ4n) is 1.16. The molecule has 1 rings (SSSR count). The van der Waals surface area contributed by atoms with E-state index in [-0.39, 0.29) is 5.97 Å². The van der Waals surface area contributed by atoms with E-state index in [1.807, 2.05) is 0 Å². The van der Waals surface area contributed by atoms with Crippen LogP contribution in [0.2, 0.25) is 0 Å². The topological polar surface area (TPSA) is 69.4 Å². The van der Waals surface area contributed by atoms with Gasteiger partial charge in [-0.25, -0.2) is 0 Å². The maximum atomic E-state index is 10.6. The molecule has 0 amide bonds. The molecule has 0 aromatic heterocycles. The van der Waals surface area contributed by atoms with E-state index in [2.05, 4.69) is 0 Å². The fourth-order valence-corrected chi connectivity index (χ4v) is 1.16. The third-order valence-electron chi connectivity index (χ3n) is 1.79. The molecule has 4 heteroatoms. The summed E-state index contributed by atoms with van der Waals surface area (Å²) < 4.78 is 4.85. The number of esters is 1. The molecule has 0 fully saturated rings. The third kappa shape index (κ3) is 3.91. The van der Waals surface area contributed by atoms with Crippen LogP contribution >= 0.6 is 0 Å². The minimum Gasteiger partial charge on any atom is -0.427 e. The van der Waals surface area contributed by atoms with Crippen LogP contribution in [0.25, 0.3) is 0 Å². The van der Waals surface area contributed by atoms with Crippen LogP contribution in [0.1, 0.15) is 12.5 Å². The molecule has 1 atom stereocenters. The molecule has 1 radical (unpaired) electrons. The summed E-state index contributed by atoms with van der Waals surface area (Å²) in [4.78, 5) is 20.8. The van der Waals surface area contributed by atoms with Crippen molar-refractivity contribution in [2.24, 2.45) is 5.73 Å². The summed E-state index contributed by atoms with van der Waals surface area (Å²) in [6.45, 7) is 1.34. The van der Waals surface area contributed by atoms with Crippen molar-refractivity contribution in [2.75, 3.05) is 0 Å².